The Hall–Kier alpha value is -6.24. The molecule has 8 aliphatic carbocycles. The van der Waals surface area contributed by atoms with Crippen LogP contribution in [0.3, 0.4) is 0 Å². The van der Waals surface area contributed by atoms with Crippen LogP contribution in [0.5, 0.6) is 0 Å². The summed E-state index contributed by atoms with van der Waals surface area (Å²) in [5.41, 5.74) is 37.7. The van der Waals surface area contributed by atoms with Gasteiger partial charge in [-0.25, -0.2) is 0 Å². The van der Waals surface area contributed by atoms with Crippen LogP contribution >= 0.6 is 0 Å². The zero-order valence-corrected chi connectivity index (χ0v) is 85.4. The molecule has 0 saturated heterocycles. The normalized spacial score (nSPS) is 20.9. The van der Waals surface area contributed by atoms with Crippen LogP contribution in [0.15, 0.2) is 146 Å². The minimum Gasteiger partial charge on any atom is -0.0587 e. The van der Waals surface area contributed by atoms with Crippen LogP contribution < -0.4 is 0 Å². The quantitative estimate of drug-likeness (QED) is 0.142. The minimum absolute atomic E-state index is 0.240. The summed E-state index contributed by atoms with van der Waals surface area (Å²) >= 11 is 0. The first kappa shape index (κ1) is 101. The summed E-state index contributed by atoms with van der Waals surface area (Å²) in [7, 11) is 0. The van der Waals surface area contributed by atoms with E-state index in [9.17, 15) is 0 Å². The van der Waals surface area contributed by atoms with E-state index in [4.69, 9.17) is 0 Å². The molecule has 4 fully saturated rings. The van der Waals surface area contributed by atoms with Crippen molar-refractivity contribution in [3.8, 4) is 44.5 Å². The van der Waals surface area contributed by atoms with Gasteiger partial charge in [0.1, 0.15) is 0 Å². The van der Waals surface area contributed by atoms with Crippen molar-refractivity contribution >= 4 is 0 Å². The van der Waals surface area contributed by atoms with Crippen LogP contribution in [0.2, 0.25) is 0 Å². The van der Waals surface area contributed by atoms with Crippen molar-refractivity contribution in [1.82, 2.24) is 0 Å². The summed E-state index contributed by atoms with van der Waals surface area (Å²) in [5, 5.41) is 0. The first-order chi connectivity index (χ1) is 63.8. The van der Waals surface area contributed by atoms with E-state index >= 15 is 0 Å². The standard InChI is InChI=1S/C34H50.C33H48.C32H46.C31H44/c1-28-20-22-30-31-23-21-29(2)27-33(31)34(32(30)26-28)24-18-16-14-12-10-8-6-4-3-5-7-9-11-13-15-17-19-25-34;1-27-19-21-29-30-22-20-28(2)26-32(30)33(31(29)25-27)23-17-15-13-11-9-7-5-3-4-6-8-10-12-14-16-18-24-33;1-26-18-20-28-29-21-19-27(2)25-31(29)32(30(28)24-26)22-16-14-12-10-8-6-4-3-5-7-9-11-13-15-17-23-32;1-25-17-19-27-28-20-18-26(2)24-30(28)31(29(27)23-25)21-15-13-11-9-7-5-3-4-6-8-10-12-14-16-22-31/h20-23,26-27H,3-19,24-25H2,1-2H3;19-22,25-26H,3-18,23-24H2,1-2H3;18-21,24-25H,3-17,22-23H2,1-2H3;17-20,23-24H,3-16,21-22H2,1-2H3. The van der Waals surface area contributed by atoms with Gasteiger partial charge in [0, 0.05) is 21.7 Å². The van der Waals surface area contributed by atoms with Crippen LogP contribution in [0.4, 0.5) is 0 Å². The Kier molecular flexibility index (Phi) is 42.0. The summed E-state index contributed by atoms with van der Waals surface area (Å²) in [4.78, 5) is 0. The summed E-state index contributed by atoms with van der Waals surface area (Å²) in [6.07, 6.45) is 99.8. The van der Waals surface area contributed by atoms with Crippen LogP contribution in [-0.4, -0.2) is 0 Å². The van der Waals surface area contributed by atoms with Gasteiger partial charge in [0.25, 0.3) is 0 Å². The summed E-state index contributed by atoms with van der Waals surface area (Å²) in [6.45, 7) is 18.3. The third-order valence-electron chi connectivity index (χ3n) is 34.0. The Morgan fingerprint density at radius 2 is 0.185 bits per heavy atom. The molecule has 4 spiro atoms. The molecule has 0 unspecified atom stereocenters. The van der Waals surface area contributed by atoms with Gasteiger partial charge < -0.3 is 0 Å². The maximum Gasteiger partial charge on any atom is 0.0215 e. The second kappa shape index (κ2) is 53.9. The highest BCUT2D eigenvalue weighted by Crippen LogP contribution is 2.60. The molecule has 0 heterocycles. The van der Waals surface area contributed by atoms with Crippen LogP contribution in [0.25, 0.3) is 44.5 Å². The summed E-state index contributed by atoms with van der Waals surface area (Å²) in [6, 6.07) is 58.2. The zero-order valence-electron chi connectivity index (χ0n) is 85.4. The average molecular weight is 1750 g/mol. The van der Waals surface area contributed by atoms with E-state index in [-0.39, 0.29) is 21.7 Å². The molecule has 8 aromatic rings. The fourth-order valence-corrected chi connectivity index (χ4v) is 26.5. The summed E-state index contributed by atoms with van der Waals surface area (Å²) < 4.78 is 0. The lowest BCUT2D eigenvalue weighted by molar-refractivity contribution is 0.395. The lowest BCUT2D eigenvalue weighted by atomic mass is 9.70. The van der Waals surface area contributed by atoms with Gasteiger partial charge >= 0.3 is 0 Å². The van der Waals surface area contributed by atoms with Gasteiger partial charge in [0.05, 0.1) is 0 Å². The lowest BCUT2D eigenvalue weighted by Gasteiger charge is -2.33. The molecule has 0 aliphatic heterocycles. The molecule has 0 N–H and O–H groups in total. The van der Waals surface area contributed by atoms with E-state index < -0.39 is 0 Å². The van der Waals surface area contributed by atoms with Crippen molar-refractivity contribution in [3.63, 3.8) is 0 Å². The van der Waals surface area contributed by atoms with Gasteiger partial charge in [0.2, 0.25) is 0 Å². The molecule has 708 valence electrons. The molecular formula is C130H188. The predicted molar refractivity (Wildman–Crippen MR) is 572 cm³/mol. The fraction of sp³-hybridized carbons (Fsp3) is 0.631. The Bertz CT molecular complexity index is 4340. The topological polar surface area (TPSA) is 0 Å². The maximum absolute atomic E-state index is 2.54. The Morgan fingerprint density at radius 1 is 0.108 bits per heavy atom. The van der Waals surface area contributed by atoms with Gasteiger partial charge in [-0.15, -0.1) is 0 Å². The molecule has 0 bridgehead atoms. The Labute approximate surface area is 800 Å². The number of rotatable bonds is 0. The van der Waals surface area contributed by atoms with E-state index in [1.54, 1.807) is 44.5 Å². The van der Waals surface area contributed by atoms with Gasteiger partial charge in [0.15, 0.2) is 0 Å². The second-order valence-electron chi connectivity index (χ2n) is 44.6. The second-order valence-corrected chi connectivity index (χ2v) is 44.6. The van der Waals surface area contributed by atoms with Crippen molar-refractivity contribution < 1.29 is 0 Å². The molecule has 16 rings (SSSR count). The highest BCUT2D eigenvalue weighted by Gasteiger charge is 2.47. The molecule has 4 saturated carbocycles. The average Bonchev–Trinajstić information content (AvgIpc) is 1.59. The zero-order chi connectivity index (χ0) is 90.3. The highest BCUT2D eigenvalue weighted by atomic mass is 14.5. The van der Waals surface area contributed by atoms with Crippen molar-refractivity contribution in [2.45, 2.75) is 527 Å². The number of hydrogen-bond donors (Lipinski definition) is 0. The van der Waals surface area contributed by atoms with Gasteiger partial charge in [-0.3, -0.25) is 0 Å². The maximum atomic E-state index is 2.54. The predicted octanol–water partition coefficient (Wildman–Crippen LogP) is 41.6. The highest BCUT2D eigenvalue weighted by molar-refractivity contribution is 5.85. The van der Waals surface area contributed by atoms with Gasteiger partial charge in [-0.05, 0) is 196 Å². The molecule has 8 aromatic carbocycles. The van der Waals surface area contributed by atoms with Crippen LogP contribution in [0.1, 0.15) is 538 Å². The van der Waals surface area contributed by atoms with Crippen molar-refractivity contribution in [1.29, 1.82) is 0 Å². The number of benzene rings is 8. The molecule has 0 heteroatoms. The first-order valence-electron chi connectivity index (χ1n) is 56.7. The van der Waals surface area contributed by atoms with Crippen LogP contribution in [0, 0.1) is 55.4 Å². The monoisotopic (exact) mass is 1750 g/mol. The van der Waals surface area contributed by atoms with E-state index in [0.29, 0.717) is 0 Å². The third kappa shape index (κ3) is 28.0. The van der Waals surface area contributed by atoms with Crippen LogP contribution in [-0.2, 0) is 21.7 Å². The molecule has 8 aliphatic rings. The van der Waals surface area contributed by atoms with E-state index in [1.807, 2.05) is 0 Å². The largest absolute Gasteiger partial charge is 0.0587 e. The summed E-state index contributed by atoms with van der Waals surface area (Å²) in [5.74, 6) is 0. The van der Waals surface area contributed by atoms with Gasteiger partial charge in [-0.2, -0.15) is 0 Å². The SMILES string of the molecule is Cc1ccc2c(c1)C1(CCCCCCCCCCCCCCCC1)c1cc(C)ccc1-2.Cc1ccc2c(c1)C1(CCCCCCCCCCCCCCCCC1)c1cc(C)ccc1-2.Cc1ccc2c(c1)C1(CCCCCCCCCCCCCCCCCC1)c1cc(C)ccc1-2.Cc1ccc2c(c1)C1(CCCCCCCCCCCCCCCCCCC1)c1cc(C)ccc1-2. The number of hydrogen-bond acceptors (Lipinski definition) is 0. The van der Waals surface area contributed by atoms with E-state index in [1.165, 1.54) is 538 Å². The Balaban J connectivity index is 0.000000148. The molecule has 0 atom stereocenters. The fourth-order valence-electron chi connectivity index (χ4n) is 26.5. The van der Waals surface area contributed by atoms with Gasteiger partial charge in [-0.1, -0.05) is 588 Å². The number of aryl methyl sites for hydroxylation is 8. The molecule has 0 nitrogen and oxygen atoms in total. The Morgan fingerprint density at radius 3 is 0.269 bits per heavy atom. The first-order valence-corrected chi connectivity index (χ1v) is 56.7. The molecular weight excluding hydrogens is 1560 g/mol. The molecule has 130 heavy (non-hydrogen) atoms. The van der Waals surface area contributed by atoms with Crippen molar-refractivity contribution in [2.75, 3.05) is 0 Å². The smallest absolute Gasteiger partial charge is 0.0215 e. The van der Waals surface area contributed by atoms with E-state index in [2.05, 4.69) is 201 Å². The molecule has 0 radical (unpaired) electrons. The molecule has 0 amide bonds. The van der Waals surface area contributed by atoms with Crippen molar-refractivity contribution in [2.24, 2.45) is 0 Å². The number of fused-ring (bicyclic) bond motifs is 20. The third-order valence-corrected chi connectivity index (χ3v) is 34.0. The van der Waals surface area contributed by atoms with Crippen molar-refractivity contribution in [3.05, 3.63) is 235 Å². The lowest BCUT2D eigenvalue weighted by Crippen LogP contribution is -2.25. The van der Waals surface area contributed by atoms with E-state index in [0.717, 1.165) is 0 Å². The minimum atomic E-state index is 0.240. The molecule has 0 aromatic heterocycles.